The van der Waals surface area contributed by atoms with Crippen LogP contribution in [0.2, 0.25) is 0 Å². The highest BCUT2D eigenvalue weighted by Gasteiger charge is 2.20. The maximum atomic E-state index is 12.3. The molecule has 2 rings (SSSR count). The molecular formula is C18H25NO3. The van der Waals surface area contributed by atoms with Crippen molar-refractivity contribution in [3.05, 3.63) is 29.8 Å². The van der Waals surface area contributed by atoms with Crippen LogP contribution in [-0.4, -0.2) is 38.1 Å². The zero-order chi connectivity index (χ0) is 15.9. The van der Waals surface area contributed by atoms with Crippen molar-refractivity contribution in [2.24, 2.45) is 0 Å². The summed E-state index contributed by atoms with van der Waals surface area (Å²) < 4.78 is 10.5. The van der Waals surface area contributed by atoms with Gasteiger partial charge in [-0.2, -0.15) is 0 Å². The third kappa shape index (κ3) is 4.03. The summed E-state index contributed by atoms with van der Waals surface area (Å²) in [7, 11) is 5.14. The first-order valence-electron chi connectivity index (χ1n) is 7.82. The molecule has 0 bridgehead atoms. The second kappa shape index (κ2) is 7.87. The molecular weight excluding hydrogens is 278 g/mol. The van der Waals surface area contributed by atoms with E-state index >= 15 is 0 Å². The molecule has 4 nitrogen and oxygen atoms in total. The van der Waals surface area contributed by atoms with Crippen LogP contribution in [0.4, 0.5) is 0 Å². The Labute approximate surface area is 132 Å². The molecule has 1 saturated carbocycles. The minimum atomic E-state index is 0.0387. The maximum Gasteiger partial charge on any atom is 0.246 e. The van der Waals surface area contributed by atoms with Gasteiger partial charge in [0.2, 0.25) is 5.91 Å². The van der Waals surface area contributed by atoms with E-state index in [4.69, 9.17) is 9.47 Å². The Balaban J connectivity index is 2.08. The van der Waals surface area contributed by atoms with E-state index in [2.05, 4.69) is 0 Å². The molecule has 0 heterocycles. The molecule has 1 aromatic rings. The van der Waals surface area contributed by atoms with E-state index in [0.29, 0.717) is 6.04 Å². The molecule has 0 saturated heterocycles. The van der Waals surface area contributed by atoms with E-state index in [1.807, 2.05) is 30.1 Å². The molecule has 1 amide bonds. The van der Waals surface area contributed by atoms with E-state index in [0.717, 1.165) is 29.9 Å². The maximum absolute atomic E-state index is 12.3. The third-order valence-electron chi connectivity index (χ3n) is 4.31. The van der Waals surface area contributed by atoms with Crippen molar-refractivity contribution in [3.8, 4) is 11.5 Å². The molecule has 0 N–H and O–H groups in total. The minimum Gasteiger partial charge on any atom is -0.497 e. The number of hydrogen-bond acceptors (Lipinski definition) is 3. The molecule has 0 aliphatic heterocycles. The van der Waals surface area contributed by atoms with Gasteiger partial charge < -0.3 is 14.4 Å². The standard InChI is InChI=1S/C18H25NO3/c1-19(15-7-5-4-6-8-15)18(20)12-9-14-13-16(21-2)10-11-17(14)22-3/h9-13,15H,4-8H2,1-3H3. The van der Waals surface area contributed by atoms with E-state index < -0.39 is 0 Å². The van der Waals surface area contributed by atoms with Gasteiger partial charge in [0.15, 0.2) is 0 Å². The Kier molecular flexibility index (Phi) is 5.87. The van der Waals surface area contributed by atoms with Crippen molar-refractivity contribution in [2.75, 3.05) is 21.3 Å². The van der Waals surface area contributed by atoms with Gasteiger partial charge in [-0.1, -0.05) is 19.3 Å². The summed E-state index contributed by atoms with van der Waals surface area (Å²) >= 11 is 0. The van der Waals surface area contributed by atoms with Crippen LogP contribution in [0.15, 0.2) is 24.3 Å². The fourth-order valence-corrected chi connectivity index (χ4v) is 2.90. The summed E-state index contributed by atoms with van der Waals surface area (Å²) in [6, 6.07) is 5.92. The largest absolute Gasteiger partial charge is 0.497 e. The molecule has 1 aromatic carbocycles. The van der Waals surface area contributed by atoms with Gasteiger partial charge in [-0.25, -0.2) is 0 Å². The van der Waals surface area contributed by atoms with E-state index in [1.165, 1.54) is 19.3 Å². The zero-order valence-corrected chi connectivity index (χ0v) is 13.7. The first kappa shape index (κ1) is 16.4. The summed E-state index contributed by atoms with van der Waals surface area (Å²) in [6.07, 6.45) is 9.35. The lowest BCUT2D eigenvalue weighted by Gasteiger charge is -2.30. The second-order valence-electron chi connectivity index (χ2n) is 5.68. The second-order valence-corrected chi connectivity index (χ2v) is 5.68. The predicted octanol–water partition coefficient (Wildman–Crippen LogP) is 3.51. The van der Waals surface area contributed by atoms with Crippen LogP contribution < -0.4 is 9.47 Å². The summed E-state index contributed by atoms with van der Waals surface area (Å²) in [5.41, 5.74) is 0.840. The number of carbonyl (C=O) groups excluding carboxylic acids is 1. The number of hydrogen-bond donors (Lipinski definition) is 0. The molecule has 0 atom stereocenters. The van der Waals surface area contributed by atoms with Crippen LogP contribution in [0, 0.1) is 0 Å². The average molecular weight is 303 g/mol. The van der Waals surface area contributed by atoms with Gasteiger partial charge in [-0.15, -0.1) is 0 Å². The highest BCUT2D eigenvalue weighted by atomic mass is 16.5. The normalized spacial score (nSPS) is 15.8. The molecule has 0 radical (unpaired) electrons. The first-order chi connectivity index (χ1) is 10.7. The quantitative estimate of drug-likeness (QED) is 0.781. The number of nitrogens with zero attached hydrogens (tertiary/aromatic N) is 1. The summed E-state index contributed by atoms with van der Waals surface area (Å²) in [5.74, 6) is 1.51. The Bertz CT molecular complexity index is 533. The lowest BCUT2D eigenvalue weighted by Crippen LogP contribution is -2.37. The number of rotatable bonds is 5. The van der Waals surface area contributed by atoms with Gasteiger partial charge in [0, 0.05) is 24.7 Å². The van der Waals surface area contributed by atoms with Crippen LogP contribution in [-0.2, 0) is 4.79 Å². The summed E-state index contributed by atoms with van der Waals surface area (Å²) in [5, 5.41) is 0. The van der Waals surface area contributed by atoms with E-state index in [1.54, 1.807) is 26.4 Å². The molecule has 1 aliphatic carbocycles. The van der Waals surface area contributed by atoms with Crippen LogP contribution in [0.3, 0.4) is 0 Å². The fourth-order valence-electron chi connectivity index (χ4n) is 2.90. The van der Waals surface area contributed by atoms with Gasteiger partial charge in [0.05, 0.1) is 14.2 Å². The van der Waals surface area contributed by atoms with Crippen molar-refractivity contribution < 1.29 is 14.3 Å². The van der Waals surface area contributed by atoms with Crippen LogP contribution in [0.25, 0.3) is 6.08 Å². The highest BCUT2D eigenvalue weighted by Crippen LogP contribution is 2.26. The summed E-state index contributed by atoms with van der Waals surface area (Å²) in [6.45, 7) is 0. The molecule has 120 valence electrons. The Morgan fingerprint density at radius 2 is 1.91 bits per heavy atom. The lowest BCUT2D eigenvalue weighted by atomic mass is 9.94. The van der Waals surface area contributed by atoms with Crippen molar-refractivity contribution >= 4 is 12.0 Å². The summed E-state index contributed by atoms with van der Waals surface area (Å²) in [4.78, 5) is 14.2. The van der Waals surface area contributed by atoms with Gasteiger partial charge in [-0.05, 0) is 37.1 Å². The van der Waals surface area contributed by atoms with Crippen molar-refractivity contribution in [3.63, 3.8) is 0 Å². The van der Waals surface area contributed by atoms with Gasteiger partial charge in [0.25, 0.3) is 0 Å². The van der Waals surface area contributed by atoms with Crippen LogP contribution in [0.1, 0.15) is 37.7 Å². The molecule has 22 heavy (non-hydrogen) atoms. The molecule has 4 heteroatoms. The Morgan fingerprint density at radius 1 is 1.18 bits per heavy atom. The van der Waals surface area contributed by atoms with Crippen molar-refractivity contribution in [1.29, 1.82) is 0 Å². The smallest absolute Gasteiger partial charge is 0.246 e. The fraction of sp³-hybridized carbons (Fsp3) is 0.500. The first-order valence-corrected chi connectivity index (χ1v) is 7.82. The monoisotopic (exact) mass is 303 g/mol. The Hall–Kier alpha value is -1.97. The van der Waals surface area contributed by atoms with Gasteiger partial charge >= 0.3 is 0 Å². The van der Waals surface area contributed by atoms with Crippen LogP contribution >= 0.6 is 0 Å². The van der Waals surface area contributed by atoms with E-state index in [9.17, 15) is 4.79 Å². The number of ether oxygens (including phenoxy) is 2. The number of carbonyl (C=O) groups is 1. The Morgan fingerprint density at radius 3 is 2.55 bits per heavy atom. The molecule has 0 unspecified atom stereocenters. The predicted molar refractivity (Wildman–Crippen MR) is 88.2 cm³/mol. The number of methoxy groups -OCH3 is 2. The lowest BCUT2D eigenvalue weighted by molar-refractivity contribution is -0.127. The zero-order valence-electron chi connectivity index (χ0n) is 13.7. The molecule has 0 spiro atoms. The number of amides is 1. The highest BCUT2D eigenvalue weighted by molar-refractivity contribution is 5.92. The average Bonchev–Trinajstić information content (AvgIpc) is 2.59. The third-order valence-corrected chi connectivity index (χ3v) is 4.31. The molecule has 0 aromatic heterocycles. The SMILES string of the molecule is COc1ccc(OC)c(C=CC(=O)N(C)C2CCCCC2)c1. The minimum absolute atomic E-state index is 0.0387. The van der Waals surface area contributed by atoms with Gasteiger partial charge in [-0.3, -0.25) is 4.79 Å². The van der Waals surface area contributed by atoms with Crippen molar-refractivity contribution in [2.45, 2.75) is 38.1 Å². The van der Waals surface area contributed by atoms with Crippen molar-refractivity contribution in [1.82, 2.24) is 4.90 Å². The molecule has 1 fully saturated rings. The topological polar surface area (TPSA) is 38.8 Å². The number of likely N-dealkylation sites (N-methyl/N-ethyl adjacent to an activating group) is 1. The van der Waals surface area contributed by atoms with Crippen LogP contribution in [0.5, 0.6) is 11.5 Å². The van der Waals surface area contributed by atoms with E-state index in [-0.39, 0.29) is 5.91 Å². The van der Waals surface area contributed by atoms with Gasteiger partial charge in [0.1, 0.15) is 11.5 Å². The number of benzene rings is 1. The molecule has 1 aliphatic rings.